The molecule has 0 fully saturated rings. The third-order valence-corrected chi connectivity index (χ3v) is 1.52. The highest BCUT2D eigenvalue weighted by Gasteiger charge is 2.26. The highest BCUT2D eigenvalue weighted by Crippen LogP contribution is 2.20. The number of hydrogen-bond donors (Lipinski definition) is 2. The number of hydrogen-bond acceptors (Lipinski definition) is 3. The Bertz CT molecular complexity index is 137. The van der Waals surface area contributed by atoms with Gasteiger partial charge in [-0.15, -0.1) is 0 Å². The molecule has 58 valence electrons. The van der Waals surface area contributed by atoms with Crippen LogP contribution in [-0.2, 0) is 0 Å². The van der Waals surface area contributed by atoms with Crippen molar-refractivity contribution < 1.29 is 10.2 Å². The summed E-state index contributed by atoms with van der Waals surface area (Å²) in [6, 6.07) is 1.96. The average molecular weight is 143 g/mol. The Hall–Kier alpha value is -0.590. The van der Waals surface area contributed by atoms with Crippen LogP contribution in [-0.4, -0.2) is 22.9 Å². The number of nitrogens with zero attached hydrogens (tertiary/aromatic N) is 1. The number of aliphatic hydroxyl groups excluding tert-OH is 2. The van der Waals surface area contributed by atoms with Crippen LogP contribution in [0.25, 0.3) is 0 Å². The average Bonchev–Trinajstić information content (AvgIpc) is 1.89. The quantitative estimate of drug-likeness (QED) is 0.596. The third-order valence-electron chi connectivity index (χ3n) is 1.52. The summed E-state index contributed by atoms with van der Waals surface area (Å²) in [5.41, 5.74) is -0.747. The maximum atomic E-state index is 9.19. The molecule has 0 unspecified atom stereocenters. The van der Waals surface area contributed by atoms with Gasteiger partial charge in [0.2, 0.25) is 0 Å². The van der Waals surface area contributed by atoms with Crippen LogP contribution in [0.5, 0.6) is 0 Å². The second-order valence-electron chi connectivity index (χ2n) is 2.86. The zero-order chi connectivity index (χ0) is 8.20. The van der Waals surface area contributed by atoms with E-state index in [0.29, 0.717) is 0 Å². The van der Waals surface area contributed by atoms with Crippen molar-refractivity contribution >= 4 is 0 Å². The van der Waals surface area contributed by atoms with E-state index >= 15 is 0 Å². The monoisotopic (exact) mass is 143 g/mol. The summed E-state index contributed by atoms with van der Waals surface area (Å²) in [5.74, 6) is 0. The molecule has 0 aromatic rings. The van der Waals surface area contributed by atoms with E-state index in [-0.39, 0.29) is 13.0 Å². The first-order valence-corrected chi connectivity index (χ1v) is 3.24. The van der Waals surface area contributed by atoms with Gasteiger partial charge in [-0.05, 0) is 20.3 Å². The summed E-state index contributed by atoms with van der Waals surface area (Å²) in [7, 11) is 0. The van der Waals surface area contributed by atoms with E-state index in [0.717, 1.165) is 0 Å². The normalized spacial score (nSPS) is 14.3. The van der Waals surface area contributed by atoms with Gasteiger partial charge in [0.25, 0.3) is 0 Å². The van der Waals surface area contributed by atoms with Crippen molar-refractivity contribution in [2.75, 3.05) is 6.61 Å². The van der Waals surface area contributed by atoms with Crippen LogP contribution in [0.2, 0.25) is 0 Å². The fourth-order valence-corrected chi connectivity index (χ4v) is 0.558. The van der Waals surface area contributed by atoms with Crippen LogP contribution in [0.3, 0.4) is 0 Å². The molecule has 0 rings (SSSR count). The molecule has 10 heavy (non-hydrogen) atoms. The van der Waals surface area contributed by atoms with E-state index in [1.54, 1.807) is 13.8 Å². The Labute approximate surface area is 60.9 Å². The molecule has 0 aliphatic heterocycles. The van der Waals surface area contributed by atoms with Crippen LogP contribution in [0, 0.1) is 16.7 Å². The van der Waals surface area contributed by atoms with Gasteiger partial charge in [-0.2, -0.15) is 5.26 Å². The largest absolute Gasteiger partial charge is 0.396 e. The molecule has 2 N–H and O–H groups in total. The summed E-state index contributed by atoms with van der Waals surface area (Å²) in [4.78, 5) is 0. The molecular weight excluding hydrogens is 130 g/mol. The molecule has 0 aliphatic rings. The van der Waals surface area contributed by atoms with Crippen molar-refractivity contribution in [3.05, 3.63) is 0 Å². The minimum atomic E-state index is -0.747. The Morgan fingerprint density at radius 2 is 2.10 bits per heavy atom. The fraction of sp³-hybridized carbons (Fsp3) is 0.857. The van der Waals surface area contributed by atoms with Crippen molar-refractivity contribution in [2.24, 2.45) is 5.41 Å². The first-order valence-electron chi connectivity index (χ1n) is 3.24. The molecule has 0 spiro atoms. The van der Waals surface area contributed by atoms with E-state index in [2.05, 4.69) is 0 Å². The van der Waals surface area contributed by atoms with E-state index in [1.807, 2.05) is 6.07 Å². The Balaban J connectivity index is 3.94. The van der Waals surface area contributed by atoms with Crippen molar-refractivity contribution in [1.29, 1.82) is 5.26 Å². The van der Waals surface area contributed by atoms with Gasteiger partial charge in [0.1, 0.15) is 0 Å². The summed E-state index contributed by atoms with van der Waals surface area (Å²) in [5, 5.41) is 26.1. The number of aliphatic hydroxyl groups is 2. The Kier molecular flexibility index (Phi) is 3.34. The predicted octanol–water partition coefficient (Wildman–Crippen LogP) is 0.279. The van der Waals surface area contributed by atoms with Crippen LogP contribution in [0.4, 0.5) is 0 Å². The van der Waals surface area contributed by atoms with Crippen molar-refractivity contribution in [2.45, 2.75) is 26.4 Å². The van der Waals surface area contributed by atoms with Crippen molar-refractivity contribution in [1.82, 2.24) is 0 Å². The summed E-state index contributed by atoms with van der Waals surface area (Å²) < 4.78 is 0. The topological polar surface area (TPSA) is 64.2 Å². The number of nitriles is 1. The van der Waals surface area contributed by atoms with Gasteiger partial charge in [-0.3, -0.25) is 0 Å². The Morgan fingerprint density at radius 3 is 2.40 bits per heavy atom. The molecule has 0 saturated heterocycles. The SMILES string of the molecule is CC(C)(C#N)[C@@H](O)CCO. The summed E-state index contributed by atoms with van der Waals surface area (Å²) in [6.45, 7) is 3.22. The van der Waals surface area contributed by atoms with E-state index in [1.165, 1.54) is 0 Å². The third kappa shape index (κ3) is 2.34. The van der Waals surface area contributed by atoms with Gasteiger partial charge >= 0.3 is 0 Å². The molecule has 3 heteroatoms. The van der Waals surface area contributed by atoms with Gasteiger partial charge in [0, 0.05) is 6.61 Å². The smallest absolute Gasteiger partial charge is 0.0777 e. The lowest BCUT2D eigenvalue weighted by molar-refractivity contribution is 0.0606. The van der Waals surface area contributed by atoms with Crippen LogP contribution < -0.4 is 0 Å². The maximum absolute atomic E-state index is 9.19. The minimum Gasteiger partial charge on any atom is -0.396 e. The highest BCUT2D eigenvalue weighted by atomic mass is 16.3. The molecule has 3 nitrogen and oxygen atoms in total. The standard InChI is InChI=1S/C7H13NO2/c1-7(2,5-8)6(10)3-4-9/h6,9-10H,3-4H2,1-2H3/t6-/m0/s1. The maximum Gasteiger partial charge on any atom is 0.0777 e. The zero-order valence-corrected chi connectivity index (χ0v) is 6.33. The summed E-state index contributed by atoms with van der Waals surface area (Å²) in [6.07, 6.45) is -0.469. The summed E-state index contributed by atoms with van der Waals surface area (Å²) >= 11 is 0. The molecule has 0 heterocycles. The molecule has 1 atom stereocenters. The predicted molar refractivity (Wildman–Crippen MR) is 37.1 cm³/mol. The van der Waals surface area contributed by atoms with Gasteiger partial charge in [0.05, 0.1) is 17.6 Å². The van der Waals surface area contributed by atoms with E-state index < -0.39 is 11.5 Å². The van der Waals surface area contributed by atoms with Crippen LogP contribution in [0.15, 0.2) is 0 Å². The molecule has 0 amide bonds. The first-order chi connectivity index (χ1) is 4.54. The first kappa shape index (κ1) is 9.41. The van der Waals surface area contributed by atoms with Crippen molar-refractivity contribution in [3.63, 3.8) is 0 Å². The fourth-order valence-electron chi connectivity index (χ4n) is 0.558. The van der Waals surface area contributed by atoms with Crippen molar-refractivity contribution in [3.8, 4) is 6.07 Å². The van der Waals surface area contributed by atoms with E-state index in [9.17, 15) is 5.11 Å². The lowest BCUT2D eigenvalue weighted by Crippen LogP contribution is -2.28. The number of rotatable bonds is 3. The second kappa shape index (κ2) is 3.55. The highest BCUT2D eigenvalue weighted by molar-refractivity contribution is 4.96. The van der Waals surface area contributed by atoms with Gasteiger partial charge in [-0.1, -0.05) is 0 Å². The lowest BCUT2D eigenvalue weighted by Gasteiger charge is -2.21. The molecule has 0 aromatic heterocycles. The molecular formula is C7H13NO2. The Morgan fingerprint density at radius 1 is 1.60 bits per heavy atom. The van der Waals surface area contributed by atoms with Crippen LogP contribution >= 0.6 is 0 Å². The molecule has 0 bridgehead atoms. The lowest BCUT2D eigenvalue weighted by atomic mass is 9.87. The zero-order valence-electron chi connectivity index (χ0n) is 6.33. The van der Waals surface area contributed by atoms with E-state index in [4.69, 9.17) is 10.4 Å². The van der Waals surface area contributed by atoms with Gasteiger partial charge in [0.15, 0.2) is 0 Å². The minimum absolute atomic E-state index is 0.0771. The molecule has 0 radical (unpaired) electrons. The second-order valence-corrected chi connectivity index (χ2v) is 2.86. The molecule has 0 saturated carbocycles. The molecule has 0 aromatic carbocycles. The van der Waals surface area contributed by atoms with Gasteiger partial charge < -0.3 is 10.2 Å². The molecule has 0 aliphatic carbocycles. The van der Waals surface area contributed by atoms with Crippen LogP contribution in [0.1, 0.15) is 20.3 Å². The van der Waals surface area contributed by atoms with Gasteiger partial charge in [-0.25, -0.2) is 0 Å².